The Labute approximate surface area is 107 Å². The van der Waals surface area contributed by atoms with E-state index in [0.717, 1.165) is 23.0 Å². The summed E-state index contributed by atoms with van der Waals surface area (Å²) in [4.78, 5) is 12.1. The molecule has 1 aromatic carbocycles. The molecule has 1 heterocycles. The maximum absolute atomic E-state index is 12.1. The van der Waals surface area contributed by atoms with Gasteiger partial charge in [0.05, 0.1) is 12.2 Å². The van der Waals surface area contributed by atoms with Gasteiger partial charge >= 0.3 is 0 Å². The van der Waals surface area contributed by atoms with Crippen molar-refractivity contribution >= 4 is 16.8 Å². The largest absolute Gasteiger partial charge is 0.383 e. The molecule has 0 saturated heterocycles. The van der Waals surface area contributed by atoms with E-state index in [4.69, 9.17) is 4.74 Å². The summed E-state index contributed by atoms with van der Waals surface area (Å²) in [6.45, 7) is 3.98. The zero-order valence-corrected chi connectivity index (χ0v) is 10.8. The van der Waals surface area contributed by atoms with Crippen molar-refractivity contribution in [1.29, 1.82) is 0 Å². The second-order valence-electron chi connectivity index (χ2n) is 4.09. The van der Waals surface area contributed by atoms with Crippen molar-refractivity contribution in [3.05, 3.63) is 36.0 Å². The van der Waals surface area contributed by atoms with E-state index in [1.807, 2.05) is 30.5 Å². The van der Waals surface area contributed by atoms with Gasteiger partial charge in [0, 0.05) is 37.3 Å². The molecule has 0 saturated carbocycles. The van der Waals surface area contributed by atoms with Gasteiger partial charge in [0.15, 0.2) is 0 Å². The van der Waals surface area contributed by atoms with E-state index in [-0.39, 0.29) is 5.91 Å². The van der Waals surface area contributed by atoms with Crippen molar-refractivity contribution in [2.45, 2.75) is 13.5 Å². The fourth-order valence-electron chi connectivity index (χ4n) is 2.05. The van der Waals surface area contributed by atoms with Crippen LogP contribution in [-0.4, -0.2) is 30.7 Å². The Morgan fingerprint density at radius 2 is 2.17 bits per heavy atom. The SMILES string of the molecule is CCn1cc(C(=O)NCCOC)c2ccccc21. The van der Waals surface area contributed by atoms with Gasteiger partial charge in [-0.25, -0.2) is 0 Å². The average molecular weight is 246 g/mol. The molecule has 0 radical (unpaired) electrons. The first kappa shape index (κ1) is 12.6. The molecule has 4 nitrogen and oxygen atoms in total. The summed E-state index contributed by atoms with van der Waals surface area (Å²) < 4.78 is 7.01. The van der Waals surface area contributed by atoms with E-state index in [1.165, 1.54) is 0 Å². The van der Waals surface area contributed by atoms with Crippen LogP contribution >= 0.6 is 0 Å². The second kappa shape index (κ2) is 5.69. The third kappa shape index (κ3) is 2.38. The summed E-state index contributed by atoms with van der Waals surface area (Å²) in [6.07, 6.45) is 1.91. The van der Waals surface area contributed by atoms with E-state index < -0.39 is 0 Å². The molecule has 0 fully saturated rings. The van der Waals surface area contributed by atoms with Crippen LogP contribution in [0.2, 0.25) is 0 Å². The Morgan fingerprint density at radius 3 is 2.89 bits per heavy atom. The van der Waals surface area contributed by atoms with E-state index in [0.29, 0.717) is 13.2 Å². The molecule has 0 atom stereocenters. The average Bonchev–Trinajstić information content (AvgIpc) is 2.78. The number of carbonyl (C=O) groups is 1. The number of para-hydroxylation sites is 1. The molecule has 4 heteroatoms. The lowest BCUT2D eigenvalue weighted by Crippen LogP contribution is -2.26. The normalized spacial score (nSPS) is 10.8. The third-order valence-corrected chi connectivity index (χ3v) is 2.97. The van der Waals surface area contributed by atoms with E-state index in [9.17, 15) is 4.79 Å². The summed E-state index contributed by atoms with van der Waals surface area (Å²) in [5, 5.41) is 3.85. The Kier molecular flexibility index (Phi) is 3.99. The molecule has 0 unspecified atom stereocenters. The predicted molar refractivity (Wildman–Crippen MR) is 71.8 cm³/mol. The van der Waals surface area contributed by atoms with Gasteiger partial charge in [-0.2, -0.15) is 0 Å². The van der Waals surface area contributed by atoms with Gasteiger partial charge < -0.3 is 14.6 Å². The molecule has 0 spiro atoms. The molecule has 96 valence electrons. The van der Waals surface area contributed by atoms with Crippen molar-refractivity contribution in [2.24, 2.45) is 0 Å². The number of benzene rings is 1. The second-order valence-corrected chi connectivity index (χ2v) is 4.09. The van der Waals surface area contributed by atoms with Gasteiger partial charge in [-0.15, -0.1) is 0 Å². The summed E-state index contributed by atoms with van der Waals surface area (Å²) in [7, 11) is 1.62. The van der Waals surface area contributed by atoms with Crippen LogP contribution in [0.5, 0.6) is 0 Å². The highest BCUT2D eigenvalue weighted by Crippen LogP contribution is 2.21. The lowest BCUT2D eigenvalue weighted by atomic mass is 10.1. The van der Waals surface area contributed by atoms with Crippen LogP contribution in [0.4, 0.5) is 0 Å². The number of nitrogens with zero attached hydrogens (tertiary/aromatic N) is 1. The zero-order valence-electron chi connectivity index (χ0n) is 10.8. The molecule has 1 amide bonds. The third-order valence-electron chi connectivity index (χ3n) is 2.97. The summed E-state index contributed by atoms with van der Waals surface area (Å²) in [5.74, 6) is -0.0459. The van der Waals surface area contributed by atoms with Crippen molar-refractivity contribution in [1.82, 2.24) is 9.88 Å². The van der Waals surface area contributed by atoms with Crippen LogP contribution in [0.3, 0.4) is 0 Å². The Morgan fingerprint density at radius 1 is 1.39 bits per heavy atom. The quantitative estimate of drug-likeness (QED) is 0.820. The van der Waals surface area contributed by atoms with Crippen molar-refractivity contribution in [3.8, 4) is 0 Å². The van der Waals surface area contributed by atoms with Gasteiger partial charge in [0.25, 0.3) is 5.91 Å². The number of hydrogen-bond donors (Lipinski definition) is 1. The lowest BCUT2D eigenvalue weighted by molar-refractivity contribution is 0.0938. The molecule has 0 aliphatic rings. The smallest absolute Gasteiger partial charge is 0.253 e. The standard InChI is InChI=1S/C14H18N2O2/c1-3-16-10-12(14(17)15-8-9-18-2)11-6-4-5-7-13(11)16/h4-7,10H,3,8-9H2,1-2H3,(H,15,17). The van der Waals surface area contributed by atoms with Crippen LogP contribution in [0, 0.1) is 0 Å². The van der Waals surface area contributed by atoms with Gasteiger partial charge in [-0.1, -0.05) is 18.2 Å². The number of aryl methyl sites for hydroxylation is 1. The monoisotopic (exact) mass is 246 g/mol. The number of methoxy groups -OCH3 is 1. The van der Waals surface area contributed by atoms with E-state index in [1.54, 1.807) is 7.11 Å². The van der Waals surface area contributed by atoms with Gasteiger partial charge in [0.2, 0.25) is 0 Å². The molecular formula is C14H18N2O2. The minimum atomic E-state index is -0.0459. The van der Waals surface area contributed by atoms with Crippen LogP contribution in [0.25, 0.3) is 10.9 Å². The van der Waals surface area contributed by atoms with Gasteiger partial charge in [-0.05, 0) is 13.0 Å². The summed E-state index contributed by atoms with van der Waals surface area (Å²) >= 11 is 0. The summed E-state index contributed by atoms with van der Waals surface area (Å²) in [6, 6.07) is 7.95. The van der Waals surface area contributed by atoms with Crippen LogP contribution in [0.15, 0.2) is 30.5 Å². The van der Waals surface area contributed by atoms with Crippen molar-refractivity contribution in [2.75, 3.05) is 20.3 Å². The Balaban J connectivity index is 2.30. The highest BCUT2D eigenvalue weighted by Gasteiger charge is 2.13. The van der Waals surface area contributed by atoms with Crippen LogP contribution < -0.4 is 5.32 Å². The molecule has 2 aromatic rings. The maximum atomic E-state index is 12.1. The first-order chi connectivity index (χ1) is 8.77. The van der Waals surface area contributed by atoms with Gasteiger partial charge in [0.1, 0.15) is 0 Å². The van der Waals surface area contributed by atoms with Crippen LogP contribution in [-0.2, 0) is 11.3 Å². The first-order valence-corrected chi connectivity index (χ1v) is 6.13. The molecule has 1 aromatic heterocycles. The van der Waals surface area contributed by atoms with Crippen molar-refractivity contribution in [3.63, 3.8) is 0 Å². The van der Waals surface area contributed by atoms with E-state index >= 15 is 0 Å². The first-order valence-electron chi connectivity index (χ1n) is 6.13. The number of rotatable bonds is 5. The number of carbonyl (C=O) groups excluding carboxylic acids is 1. The van der Waals surface area contributed by atoms with Gasteiger partial charge in [-0.3, -0.25) is 4.79 Å². The topological polar surface area (TPSA) is 43.3 Å². The number of aromatic nitrogens is 1. The molecule has 0 bridgehead atoms. The molecule has 2 rings (SSSR count). The highest BCUT2D eigenvalue weighted by atomic mass is 16.5. The predicted octanol–water partition coefficient (Wildman–Crippen LogP) is 2.04. The number of amides is 1. The lowest BCUT2D eigenvalue weighted by Gasteiger charge is -2.02. The fourth-order valence-corrected chi connectivity index (χ4v) is 2.05. The maximum Gasteiger partial charge on any atom is 0.253 e. The van der Waals surface area contributed by atoms with Crippen molar-refractivity contribution < 1.29 is 9.53 Å². The summed E-state index contributed by atoms with van der Waals surface area (Å²) in [5.41, 5.74) is 1.82. The molecular weight excluding hydrogens is 228 g/mol. The molecule has 0 aliphatic carbocycles. The fraction of sp³-hybridized carbons (Fsp3) is 0.357. The number of nitrogens with one attached hydrogen (secondary N) is 1. The number of fused-ring (bicyclic) bond motifs is 1. The molecule has 18 heavy (non-hydrogen) atoms. The van der Waals surface area contributed by atoms with Crippen LogP contribution in [0.1, 0.15) is 17.3 Å². The molecule has 0 aliphatic heterocycles. The minimum Gasteiger partial charge on any atom is -0.383 e. The Bertz CT molecular complexity index is 546. The minimum absolute atomic E-state index is 0.0459. The zero-order chi connectivity index (χ0) is 13.0. The molecule has 1 N–H and O–H groups in total. The number of ether oxygens (including phenoxy) is 1. The number of hydrogen-bond acceptors (Lipinski definition) is 2. The van der Waals surface area contributed by atoms with E-state index in [2.05, 4.69) is 16.8 Å². The Hall–Kier alpha value is -1.81. The highest BCUT2D eigenvalue weighted by molar-refractivity contribution is 6.06.